The minimum Gasteiger partial charge on any atom is -0.373 e. The Labute approximate surface area is 74.3 Å². The summed E-state index contributed by atoms with van der Waals surface area (Å²) in [5.41, 5.74) is 1.43. The van der Waals surface area contributed by atoms with Crippen molar-refractivity contribution in [3.63, 3.8) is 0 Å². The average molecular weight is 183 g/mol. The summed E-state index contributed by atoms with van der Waals surface area (Å²) in [5, 5.41) is 14.4. The highest BCUT2D eigenvalue weighted by Gasteiger charge is 2.26. The van der Waals surface area contributed by atoms with Gasteiger partial charge >= 0.3 is 5.82 Å². The maximum atomic E-state index is 10.5. The van der Waals surface area contributed by atoms with Gasteiger partial charge in [-0.15, -0.1) is 0 Å². The number of hydrogen-bond donors (Lipinski definition) is 0. The summed E-state index contributed by atoms with van der Waals surface area (Å²) in [4.78, 5) is 10.1. The normalized spacial score (nSPS) is 15.5. The second-order valence-corrected chi connectivity index (χ2v) is 2.93. The Kier molecular flexibility index (Phi) is 1.77. The van der Waals surface area contributed by atoms with E-state index in [0.29, 0.717) is 25.3 Å². The number of fused-ring (bicyclic) bond motifs is 1. The molecule has 0 bridgehead atoms. The van der Waals surface area contributed by atoms with Crippen LogP contribution < -0.4 is 0 Å². The molecule has 2 heterocycles. The van der Waals surface area contributed by atoms with E-state index in [-0.39, 0.29) is 5.82 Å². The minimum atomic E-state index is -0.458. The van der Waals surface area contributed by atoms with Gasteiger partial charge in [0.1, 0.15) is 0 Å². The van der Waals surface area contributed by atoms with Crippen molar-refractivity contribution in [1.82, 2.24) is 9.78 Å². The summed E-state index contributed by atoms with van der Waals surface area (Å²) in [5.74, 6) is -0.0551. The van der Waals surface area contributed by atoms with Crippen molar-refractivity contribution in [2.24, 2.45) is 0 Å². The van der Waals surface area contributed by atoms with Crippen molar-refractivity contribution in [3.8, 4) is 0 Å². The Hall–Kier alpha value is -1.43. The minimum absolute atomic E-state index is 0.0551. The molecule has 6 nitrogen and oxygen atoms in total. The van der Waals surface area contributed by atoms with E-state index in [2.05, 4.69) is 5.10 Å². The topological polar surface area (TPSA) is 70.2 Å². The van der Waals surface area contributed by atoms with E-state index in [9.17, 15) is 10.1 Å². The summed E-state index contributed by atoms with van der Waals surface area (Å²) in [6.45, 7) is 3.30. The zero-order valence-electron chi connectivity index (χ0n) is 7.19. The lowest BCUT2D eigenvalue weighted by molar-refractivity contribution is -0.390. The summed E-state index contributed by atoms with van der Waals surface area (Å²) in [6, 6.07) is 0. The lowest BCUT2D eigenvalue weighted by Gasteiger charge is -2.10. The number of nitro groups is 1. The maximum absolute atomic E-state index is 10.5. The molecule has 0 fully saturated rings. The van der Waals surface area contributed by atoms with Gasteiger partial charge in [-0.05, 0) is 11.8 Å². The fourth-order valence-electron chi connectivity index (χ4n) is 1.43. The fraction of sp³-hybridized carbons (Fsp3) is 0.571. The van der Waals surface area contributed by atoms with Crippen molar-refractivity contribution in [3.05, 3.63) is 21.4 Å². The third kappa shape index (κ3) is 1.19. The number of nitrogens with zero attached hydrogens (tertiary/aromatic N) is 3. The van der Waals surface area contributed by atoms with E-state index in [0.717, 1.165) is 5.69 Å². The van der Waals surface area contributed by atoms with Gasteiger partial charge in [-0.2, -0.15) is 4.68 Å². The first-order valence-electron chi connectivity index (χ1n) is 3.98. The van der Waals surface area contributed by atoms with Crippen LogP contribution in [-0.4, -0.2) is 21.3 Å². The van der Waals surface area contributed by atoms with E-state index < -0.39 is 4.92 Å². The van der Waals surface area contributed by atoms with Gasteiger partial charge in [-0.3, -0.25) is 0 Å². The van der Waals surface area contributed by atoms with Gasteiger partial charge in [0.25, 0.3) is 0 Å². The summed E-state index contributed by atoms with van der Waals surface area (Å²) >= 11 is 0. The highest BCUT2D eigenvalue weighted by molar-refractivity contribution is 5.35. The summed E-state index contributed by atoms with van der Waals surface area (Å²) in [7, 11) is 0. The van der Waals surface area contributed by atoms with E-state index in [1.165, 1.54) is 0 Å². The van der Waals surface area contributed by atoms with Crippen molar-refractivity contribution in [1.29, 1.82) is 0 Å². The van der Waals surface area contributed by atoms with Crippen molar-refractivity contribution in [2.75, 3.05) is 6.61 Å². The molecule has 0 spiro atoms. The molecule has 1 aromatic rings. The Balaban J connectivity index is 2.50. The molecule has 1 aromatic heterocycles. The first-order chi connectivity index (χ1) is 6.20. The molecule has 0 saturated carbocycles. The van der Waals surface area contributed by atoms with Crippen molar-refractivity contribution < 1.29 is 9.66 Å². The molecule has 0 atom stereocenters. The Bertz CT molecular complexity index is 358. The number of rotatable bonds is 1. The van der Waals surface area contributed by atoms with Crippen LogP contribution in [0.2, 0.25) is 0 Å². The monoisotopic (exact) mass is 183 g/mol. The zero-order valence-corrected chi connectivity index (χ0v) is 7.19. The van der Waals surface area contributed by atoms with Gasteiger partial charge in [-0.1, -0.05) is 0 Å². The SMILES string of the molecule is Cc1c([N+](=O)[O-])nn2c1COCC2. The second-order valence-electron chi connectivity index (χ2n) is 2.93. The molecule has 0 amide bonds. The van der Waals surface area contributed by atoms with Crippen LogP contribution in [0.25, 0.3) is 0 Å². The first kappa shape index (κ1) is 8.18. The fourth-order valence-corrected chi connectivity index (χ4v) is 1.43. The molecule has 70 valence electrons. The lowest BCUT2D eigenvalue weighted by atomic mass is 10.2. The van der Waals surface area contributed by atoms with Gasteiger partial charge < -0.3 is 14.9 Å². The third-order valence-electron chi connectivity index (χ3n) is 2.15. The van der Waals surface area contributed by atoms with E-state index in [1.54, 1.807) is 11.6 Å². The highest BCUT2D eigenvalue weighted by atomic mass is 16.6. The predicted molar refractivity (Wildman–Crippen MR) is 43.3 cm³/mol. The smallest absolute Gasteiger partial charge is 0.373 e. The molecule has 0 unspecified atom stereocenters. The quantitative estimate of drug-likeness (QED) is 0.473. The van der Waals surface area contributed by atoms with Crippen LogP contribution in [0.3, 0.4) is 0 Å². The largest absolute Gasteiger partial charge is 0.393 e. The molecular formula is C7H9N3O3. The molecule has 0 N–H and O–H groups in total. The van der Waals surface area contributed by atoms with Gasteiger partial charge in [0, 0.05) is 0 Å². The van der Waals surface area contributed by atoms with Crippen LogP contribution in [0.4, 0.5) is 5.82 Å². The third-order valence-corrected chi connectivity index (χ3v) is 2.15. The molecule has 0 aromatic carbocycles. The Morgan fingerprint density at radius 2 is 2.46 bits per heavy atom. The summed E-state index contributed by atoms with van der Waals surface area (Å²) < 4.78 is 6.84. The maximum Gasteiger partial charge on any atom is 0.393 e. The Morgan fingerprint density at radius 3 is 3.08 bits per heavy atom. The van der Waals surface area contributed by atoms with Gasteiger partial charge in [-0.25, -0.2) is 0 Å². The summed E-state index contributed by atoms with van der Waals surface area (Å²) in [6.07, 6.45) is 0. The van der Waals surface area contributed by atoms with Crippen LogP contribution in [0, 0.1) is 17.0 Å². The van der Waals surface area contributed by atoms with Gasteiger partial charge in [0.2, 0.25) is 0 Å². The number of aromatic nitrogens is 2. The molecule has 1 aliphatic heterocycles. The number of hydrogen-bond acceptors (Lipinski definition) is 4. The zero-order chi connectivity index (χ0) is 9.42. The van der Waals surface area contributed by atoms with Crippen LogP contribution >= 0.6 is 0 Å². The van der Waals surface area contributed by atoms with E-state index in [1.807, 2.05) is 0 Å². The second kappa shape index (κ2) is 2.81. The van der Waals surface area contributed by atoms with Crippen LogP contribution in [0.1, 0.15) is 11.3 Å². The highest BCUT2D eigenvalue weighted by Crippen LogP contribution is 2.22. The lowest BCUT2D eigenvalue weighted by Crippen LogP contribution is -2.17. The van der Waals surface area contributed by atoms with Crippen molar-refractivity contribution in [2.45, 2.75) is 20.1 Å². The average Bonchev–Trinajstić information content (AvgIpc) is 2.45. The predicted octanol–water partition coefficient (Wildman–Crippen LogP) is 0.630. The van der Waals surface area contributed by atoms with Crippen LogP contribution in [-0.2, 0) is 17.9 Å². The molecule has 1 aliphatic rings. The molecule has 13 heavy (non-hydrogen) atoms. The van der Waals surface area contributed by atoms with E-state index in [4.69, 9.17) is 4.74 Å². The molecule has 0 aliphatic carbocycles. The van der Waals surface area contributed by atoms with Gasteiger partial charge in [0.15, 0.2) is 0 Å². The van der Waals surface area contributed by atoms with Crippen LogP contribution in [0.15, 0.2) is 0 Å². The van der Waals surface area contributed by atoms with Crippen LogP contribution in [0.5, 0.6) is 0 Å². The van der Waals surface area contributed by atoms with Crippen molar-refractivity contribution >= 4 is 5.82 Å². The van der Waals surface area contributed by atoms with E-state index >= 15 is 0 Å². The van der Waals surface area contributed by atoms with Gasteiger partial charge in [0.05, 0.1) is 36.1 Å². The molecule has 2 rings (SSSR count). The first-order valence-corrected chi connectivity index (χ1v) is 3.98. The number of ether oxygens (including phenoxy) is 1. The molecule has 6 heteroatoms. The molecular weight excluding hydrogens is 174 g/mol. The standard InChI is InChI=1S/C7H9N3O3/c1-5-6-4-13-3-2-9(6)8-7(5)10(11)12/h2-4H2,1H3. The molecule has 0 radical (unpaired) electrons. The molecule has 0 saturated heterocycles. The Morgan fingerprint density at radius 1 is 1.69 bits per heavy atom.